The lowest BCUT2D eigenvalue weighted by atomic mass is 9.98. The lowest BCUT2D eigenvalue weighted by molar-refractivity contribution is 0.246. The highest BCUT2D eigenvalue weighted by atomic mass is 16.5. The predicted molar refractivity (Wildman–Crippen MR) is 79.1 cm³/mol. The van der Waals surface area contributed by atoms with Crippen molar-refractivity contribution < 1.29 is 4.74 Å². The molecule has 2 rings (SSSR count). The summed E-state index contributed by atoms with van der Waals surface area (Å²) < 4.78 is 5.41. The summed E-state index contributed by atoms with van der Waals surface area (Å²) in [6.07, 6.45) is 0. The van der Waals surface area contributed by atoms with Gasteiger partial charge in [0.25, 0.3) is 0 Å². The van der Waals surface area contributed by atoms with Crippen LogP contribution >= 0.6 is 0 Å². The average Bonchev–Trinajstić information content (AvgIpc) is 2.43. The van der Waals surface area contributed by atoms with Gasteiger partial charge < -0.3 is 10.5 Å². The number of fused-ring (bicyclic) bond motifs is 1. The minimum atomic E-state index is 0.0887. The Balaban J connectivity index is 2.54. The van der Waals surface area contributed by atoms with Crippen molar-refractivity contribution in [1.82, 2.24) is 10.4 Å². The first-order chi connectivity index (χ1) is 9.17. The molecule has 2 aromatic carbocycles. The number of benzene rings is 2. The minimum Gasteiger partial charge on any atom is -0.496 e. The summed E-state index contributed by atoms with van der Waals surface area (Å²) in [7, 11) is 5.63. The maximum Gasteiger partial charge on any atom is 0.126 e. The quantitative estimate of drug-likeness (QED) is 0.805. The molecule has 2 aromatic rings. The van der Waals surface area contributed by atoms with Gasteiger partial charge in [0.15, 0.2) is 0 Å². The molecule has 0 heterocycles. The molecule has 0 aliphatic carbocycles. The topological polar surface area (TPSA) is 50.5 Å². The Morgan fingerprint density at radius 3 is 2.42 bits per heavy atom. The SMILES string of the molecule is COc1ccc(C(CN)NN(C)C)c2ccccc12. The van der Waals surface area contributed by atoms with Gasteiger partial charge in [-0.05, 0) is 17.0 Å². The van der Waals surface area contributed by atoms with Crippen molar-refractivity contribution in [2.24, 2.45) is 5.73 Å². The van der Waals surface area contributed by atoms with Gasteiger partial charge in [-0.2, -0.15) is 0 Å². The Morgan fingerprint density at radius 1 is 1.16 bits per heavy atom. The standard InChI is InChI=1S/C15H21N3O/c1-18(2)17-14(10-16)12-8-9-15(19-3)13-7-5-4-6-11(12)13/h4-9,14,17H,10,16H2,1-3H3. The molecule has 1 atom stereocenters. The number of nitrogens with one attached hydrogen (secondary N) is 1. The summed E-state index contributed by atoms with van der Waals surface area (Å²) in [6, 6.07) is 12.4. The summed E-state index contributed by atoms with van der Waals surface area (Å²) >= 11 is 0. The molecule has 0 aromatic heterocycles. The molecule has 0 bridgehead atoms. The van der Waals surface area contributed by atoms with Crippen LogP contribution in [0.4, 0.5) is 0 Å². The summed E-state index contributed by atoms with van der Waals surface area (Å²) in [5.74, 6) is 0.889. The smallest absolute Gasteiger partial charge is 0.126 e. The number of nitrogens with two attached hydrogens (primary N) is 1. The summed E-state index contributed by atoms with van der Waals surface area (Å²) in [5.41, 5.74) is 10.4. The van der Waals surface area contributed by atoms with E-state index in [2.05, 4.69) is 23.6 Å². The molecular weight excluding hydrogens is 238 g/mol. The second-order valence-electron chi connectivity index (χ2n) is 4.71. The largest absolute Gasteiger partial charge is 0.496 e. The highest BCUT2D eigenvalue weighted by Gasteiger charge is 2.14. The second kappa shape index (κ2) is 6.02. The molecule has 1 unspecified atom stereocenters. The third-order valence-electron chi connectivity index (χ3n) is 3.16. The van der Waals surface area contributed by atoms with Gasteiger partial charge in [0.1, 0.15) is 5.75 Å². The number of hydrazine groups is 1. The molecule has 0 aliphatic heterocycles. The van der Waals surface area contributed by atoms with Crippen LogP contribution in [-0.4, -0.2) is 32.8 Å². The molecule has 4 nitrogen and oxygen atoms in total. The van der Waals surface area contributed by atoms with Crippen LogP contribution in [0.25, 0.3) is 10.8 Å². The molecule has 0 spiro atoms. The number of methoxy groups -OCH3 is 1. The van der Waals surface area contributed by atoms with Gasteiger partial charge in [0.05, 0.1) is 13.2 Å². The van der Waals surface area contributed by atoms with Crippen LogP contribution in [0.1, 0.15) is 11.6 Å². The van der Waals surface area contributed by atoms with Crippen molar-refractivity contribution in [1.29, 1.82) is 0 Å². The number of hydrogen-bond acceptors (Lipinski definition) is 4. The van der Waals surface area contributed by atoms with E-state index < -0.39 is 0 Å². The van der Waals surface area contributed by atoms with Crippen LogP contribution in [0.2, 0.25) is 0 Å². The van der Waals surface area contributed by atoms with E-state index in [1.54, 1.807) is 7.11 Å². The Morgan fingerprint density at radius 2 is 1.84 bits per heavy atom. The number of hydrogen-bond donors (Lipinski definition) is 2. The Kier molecular flexibility index (Phi) is 4.37. The van der Waals surface area contributed by atoms with Crippen molar-refractivity contribution in [3.8, 4) is 5.75 Å². The van der Waals surface area contributed by atoms with Crippen molar-refractivity contribution in [3.63, 3.8) is 0 Å². The maximum atomic E-state index is 5.89. The van der Waals surface area contributed by atoms with Gasteiger partial charge in [-0.15, -0.1) is 0 Å². The van der Waals surface area contributed by atoms with E-state index in [1.807, 2.05) is 37.3 Å². The molecule has 19 heavy (non-hydrogen) atoms. The Hall–Kier alpha value is -1.62. The van der Waals surface area contributed by atoms with Crippen molar-refractivity contribution >= 4 is 10.8 Å². The van der Waals surface area contributed by atoms with Gasteiger partial charge in [-0.25, -0.2) is 10.4 Å². The first kappa shape index (κ1) is 13.8. The highest BCUT2D eigenvalue weighted by molar-refractivity contribution is 5.91. The van der Waals surface area contributed by atoms with Crippen molar-refractivity contribution in [2.45, 2.75) is 6.04 Å². The van der Waals surface area contributed by atoms with Gasteiger partial charge in [0, 0.05) is 26.0 Å². The normalized spacial score (nSPS) is 12.9. The first-order valence-electron chi connectivity index (χ1n) is 6.36. The van der Waals surface area contributed by atoms with Gasteiger partial charge in [-0.3, -0.25) is 0 Å². The van der Waals surface area contributed by atoms with Crippen LogP contribution in [0.15, 0.2) is 36.4 Å². The molecule has 102 valence electrons. The van der Waals surface area contributed by atoms with Gasteiger partial charge >= 0.3 is 0 Å². The van der Waals surface area contributed by atoms with E-state index in [1.165, 1.54) is 10.9 Å². The van der Waals surface area contributed by atoms with Crippen LogP contribution in [0, 0.1) is 0 Å². The molecule has 3 N–H and O–H groups in total. The maximum absolute atomic E-state index is 5.89. The zero-order valence-corrected chi connectivity index (χ0v) is 11.7. The van der Waals surface area contributed by atoms with E-state index in [4.69, 9.17) is 10.5 Å². The van der Waals surface area contributed by atoms with E-state index in [0.29, 0.717) is 6.54 Å². The van der Waals surface area contributed by atoms with E-state index in [-0.39, 0.29) is 6.04 Å². The predicted octanol–water partition coefficient (Wildman–Crippen LogP) is 1.91. The molecular formula is C15H21N3O. The van der Waals surface area contributed by atoms with Crippen molar-refractivity contribution in [3.05, 3.63) is 42.0 Å². The molecule has 4 heteroatoms. The summed E-state index contributed by atoms with van der Waals surface area (Å²) in [6.45, 7) is 0.536. The molecule has 0 saturated carbocycles. The van der Waals surface area contributed by atoms with Gasteiger partial charge in [-0.1, -0.05) is 30.3 Å². The molecule has 0 radical (unpaired) electrons. The van der Waals surface area contributed by atoms with Crippen LogP contribution in [0.5, 0.6) is 5.75 Å². The van der Waals surface area contributed by atoms with Crippen LogP contribution in [-0.2, 0) is 0 Å². The third-order valence-corrected chi connectivity index (χ3v) is 3.16. The lowest BCUT2D eigenvalue weighted by Gasteiger charge is -2.23. The highest BCUT2D eigenvalue weighted by Crippen LogP contribution is 2.31. The monoisotopic (exact) mass is 259 g/mol. The fraction of sp³-hybridized carbons (Fsp3) is 0.333. The molecule has 0 aliphatic rings. The zero-order valence-electron chi connectivity index (χ0n) is 11.7. The molecule has 0 saturated heterocycles. The van der Waals surface area contributed by atoms with Crippen LogP contribution in [0.3, 0.4) is 0 Å². The Labute approximate surface area is 114 Å². The average molecular weight is 259 g/mol. The number of rotatable bonds is 5. The fourth-order valence-corrected chi connectivity index (χ4v) is 2.34. The fourth-order valence-electron chi connectivity index (χ4n) is 2.34. The summed E-state index contributed by atoms with van der Waals surface area (Å²) in [4.78, 5) is 0. The summed E-state index contributed by atoms with van der Waals surface area (Å²) in [5, 5.41) is 4.21. The van der Waals surface area contributed by atoms with Crippen molar-refractivity contribution in [2.75, 3.05) is 27.7 Å². The van der Waals surface area contributed by atoms with Gasteiger partial charge in [0.2, 0.25) is 0 Å². The third kappa shape index (κ3) is 2.87. The second-order valence-corrected chi connectivity index (χ2v) is 4.71. The minimum absolute atomic E-state index is 0.0887. The van der Waals surface area contributed by atoms with E-state index >= 15 is 0 Å². The molecule has 0 fully saturated rings. The number of nitrogens with zero attached hydrogens (tertiary/aromatic N) is 1. The van der Waals surface area contributed by atoms with Crippen LogP contribution < -0.4 is 15.9 Å². The zero-order chi connectivity index (χ0) is 13.8. The van der Waals surface area contributed by atoms with E-state index in [9.17, 15) is 0 Å². The van der Waals surface area contributed by atoms with E-state index in [0.717, 1.165) is 11.1 Å². The number of ether oxygens (including phenoxy) is 1. The first-order valence-corrected chi connectivity index (χ1v) is 6.36. The molecule has 0 amide bonds. The Bertz CT molecular complexity index is 554. The lowest BCUT2D eigenvalue weighted by Crippen LogP contribution is -2.38.